The van der Waals surface area contributed by atoms with Crippen molar-refractivity contribution in [1.29, 1.82) is 0 Å². The molecule has 0 aliphatic heterocycles. The molecule has 0 fully saturated rings. The van der Waals surface area contributed by atoms with E-state index in [1.54, 1.807) is 7.11 Å². The zero-order chi connectivity index (χ0) is 16.5. The van der Waals surface area contributed by atoms with Crippen molar-refractivity contribution in [1.82, 2.24) is 5.32 Å². The summed E-state index contributed by atoms with van der Waals surface area (Å²) in [6.45, 7) is 0.961. The van der Waals surface area contributed by atoms with Crippen LogP contribution in [0.4, 0.5) is 11.4 Å². The zero-order valence-corrected chi connectivity index (χ0v) is 12.3. The third kappa shape index (κ3) is 5.46. The average molecular weight is 311 g/mol. The minimum atomic E-state index is -0.725. The molecule has 0 heterocycles. The third-order valence-electron chi connectivity index (χ3n) is 2.60. The molecule has 9 heteroatoms. The molecule has 0 spiro atoms. The van der Waals surface area contributed by atoms with Crippen LogP contribution in [0.25, 0.3) is 0 Å². The van der Waals surface area contributed by atoms with Crippen molar-refractivity contribution in [2.75, 3.05) is 39.2 Å². The van der Waals surface area contributed by atoms with Crippen molar-refractivity contribution >= 4 is 23.3 Å². The van der Waals surface area contributed by atoms with E-state index in [2.05, 4.69) is 15.4 Å². The topological polar surface area (TPSA) is 120 Å². The van der Waals surface area contributed by atoms with Gasteiger partial charge in [-0.25, -0.2) is 4.79 Å². The molecule has 120 valence electrons. The molecule has 1 amide bonds. The summed E-state index contributed by atoms with van der Waals surface area (Å²) in [5.41, 5.74) is -0.182. The van der Waals surface area contributed by atoms with Gasteiger partial charge in [-0.05, 0) is 6.07 Å². The number of carbonyl (C=O) groups excluding carboxylic acids is 2. The average Bonchev–Trinajstić information content (AvgIpc) is 2.50. The van der Waals surface area contributed by atoms with E-state index < -0.39 is 16.8 Å². The fraction of sp³-hybridized carbons (Fsp3) is 0.385. The Bertz CT molecular complexity index is 561. The first-order chi connectivity index (χ1) is 10.5. The highest BCUT2D eigenvalue weighted by molar-refractivity contribution is 5.96. The molecule has 0 aliphatic carbocycles. The molecule has 0 bridgehead atoms. The molecule has 1 aromatic carbocycles. The van der Waals surface area contributed by atoms with Gasteiger partial charge in [-0.1, -0.05) is 0 Å². The highest BCUT2D eigenvalue weighted by Gasteiger charge is 2.16. The third-order valence-corrected chi connectivity index (χ3v) is 2.60. The quantitative estimate of drug-likeness (QED) is 0.311. The molecule has 0 atom stereocenters. The van der Waals surface area contributed by atoms with Crippen molar-refractivity contribution < 1.29 is 24.0 Å². The summed E-state index contributed by atoms with van der Waals surface area (Å²) in [4.78, 5) is 33.4. The summed E-state index contributed by atoms with van der Waals surface area (Å²) in [6, 6.07) is 3.56. The van der Waals surface area contributed by atoms with Gasteiger partial charge in [-0.3, -0.25) is 14.9 Å². The van der Waals surface area contributed by atoms with Gasteiger partial charge in [0.1, 0.15) is 0 Å². The van der Waals surface area contributed by atoms with E-state index in [-0.39, 0.29) is 23.5 Å². The lowest BCUT2D eigenvalue weighted by Crippen LogP contribution is -2.30. The van der Waals surface area contributed by atoms with Crippen molar-refractivity contribution in [3.05, 3.63) is 33.9 Å². The Hall–Kier alpha value is -2.52. The van der Waals surface area contributed by atoms with Crippen LogP contribution in [0.15, 0.2) is 18.2 Å². The van der Waals surface area contributed by atoms with Gasteiger partial charge in [0.05, 0.1) is 30.7 Å². The number of non-ortho nitro benzene ring substituents is 1. The molecule has 0 aromatic heterocycles. The number of ether oxygens (including phenoxy) is 2. The molecule has 22 heavy (non-hydrogen) atoms. The number of rotatable bonds is 8. The van der Waals surface area contributed by atoms with E-state index in [1.165, 1.54) is 19.2 Å². The molecule has 0 saturated carbocycles. The monoisotopic (exact) mass is 311 g/mol. The number of esters is 1. The van der Waals surface area contributed by atoms with Gasteiger partial charge in [0.25, 0.3) is 5.69 Å². The van der Waals surface area contributed by atoms with Gasteiger partial charge >= 0.3 is 5.97 Å². The maximum Gasteiger partial charge on any atom is 0.338 e. The Balaban J connectivity index is 2.80. The first-order valence-electron chi connectivity index (χ1n) is 6.35. The first kappa shape index (κ1) is 17.5. The van der Waals surface area contributed by atoms with Crippen molar-refractivity contribution in [2.24, 2.45) is 0 Å². The number of hydrogen-bond donors (Lipinski definition) is 2. The Morgan fingerprint density at radius 3 is 2.59 bits per heavy atom. The standard InChI is InChI=1S/C13H17N3O6/c1-21-4-3-14-8-12(17)15-10-5-9(13(18)22-2)6-11(7-10)16(19)20/h5-7,14H,3-4,8H2,1-2H3,(H,15,17). The predicted molar refractivity (Wildman–Crippen MR) is 77.8 cm³/mol. The van der Waals surface area contributed by atoms with Crippen LogP contribution in [0.2, 0.25) is 0 Å². The van der Waals surface area contributed by atoms with Crippen molar-refractivity contribution in [3.8, 4) is 0 Å². The van der Waals surface area contributed by atoms with Crippen LogP contribution in [0.5, 0.6) is 0 Å². The number of nitrogens with one attached hydrogen (secondary N) is 2. The summed E-state index contributed by atoms with van der Waals surface area (Å²) >= 11 is 0. The number of nitro benzene ring substituents is 1. The van der Waals surface area contributed by atoms with Crippen molar-refractivity contribution in [3.63, 3.8) is 0 Å². The molecular formula is C13H17N3O6. The second kappa shape index (κ2) is 8.70. The van der Waals surface area contributed by atoms with E-state index >= 15 is 0 Å². The van der Waals surface area contributed by atoms with E-state index in [0.29, 0.717) is 13.2 Å². The second-order valence-corrected chi connectivity index (χ2v) is 4.24. The summed E-state index contributed by atoms with van der Waals surface area (Å²) in [5, 5.41) is 16.2. The van der Waals surface area contributed by atoms with Gasteiger partial charge in [0, 0.05) is 31.5 Å². The molecule has 0 radical (unpaired) electrons. The minimum Gasteiger partial charge on any atom is -0.465 e. The Morgan fingerprint density at radius 2 is 2.00 bits per heavy atom. The Kier molecular flexibility index (Phi) is 6.93. The number of anilines is 1. The van der Waals surface area contributed by atoms with Crippen LogP contribution in [0.3, 0.4) is 0 Å². The molecule has 0 unspecified atom stereocenters. The number of carbonyl (C=O) groups is 2. The van der Waals surface area contributed by atoms with E-state index in [1.807, 2.05) is 0 Å². The summed E-state index contributed by atoms with van der Waals surface area (Å²) in [5.74, 6) is -1.12. The number of benzene rings is 1. The lowest BCUT2D eigenvalue weighted by Gasteiger charge is -2.08. The second-order valence-electron chi connectivity index (χ2n) is 4.24. The number of nitro groups is 1. The smallest absolute Gasteiger partial charge is 0.338 e. The van der Waals surface area contributed by atoms with Crippen LogP contribution in [0.1, 0.15) is 10.4 Å². The highest BCUT2D eigenvalue weighted by Crippen LogP contribution is 2.21. The lowest BCUT2D eigenvalue weighted by molar-refractivity contribution is -0.384. The van der Waals surface area contributed by atoms with Crippen LogP contribution >= 0.6 is 0 Å². The van der Waals surface area contributed by atoms with Crippen LogP contribution in [-0.2, 0) is 14.3 Å². The molecular weight excluding hydrogens is 294 g/mol. The van der Waals surface area contributed by atoms with E-state index in [4.69, 9.17) is 4.74 Å². The number of methoxy groups -OCH3 is 2. The number of nitrogens with zero attached hydrogens (tertiary/aromatic N) is 1. The van der Waals surface area contributed by atoms with Crippen LogP contribution < -0.4 is 10.6 Å². The van der Waals surface area contributed by atoms with Gasteiger partial charge in [-0.15, -0.1) is 0 Å². The zero-order valence-electron chi connectivity index (χ0n) is 12.3. The SMILES string of the molecule is COCCNCC(=O)Nc1cc(C(=O)OC)cc([N+](=O)[O-])c1. The minimum absolute atomic E-state index is 0.0135. The van der Waals surface area contributed by atoms with Gasteiger partial charge in [-0.2, -0.15) is 0 Å². The van der Waals surface area contributed by atoms with Crippen molar-refractivity contribution in [2.45, 2.75) is 0 Å². The van der Waals surface area contributed by atoms with Gasteiger partial charge in [0.15, 0.2) is 0 Å². The fourth-order valence-corrected chi connectivity index (χ4v) is 1.61. The van der Waals surface area contributed by atoms with Gasteiger partial charge in [0.2, 0.25) is 5.91 Å². The molecule has 9 nitrogen and oxygen atoms in total. The summed E-state index contributed by atoms with van der Waals surface area (Å²) < 4.78 is 9.34. The molecule has 2 N–H and O–H groups in total. The number of hydrogen-bond acceptors (Lipinski definition) is 7. The maximum atomic E-state index is 11.7. The normalized spacial score (nSPS) is 10.1. The Labute approximate surface area is 126 Å². The van der Waals surface area contributed by atoms with E-state index in [9.17, 15) is 19.7 Å². The molecule has 1 rings (SSSR count). The number of amides is 1. The van der Waals surface area contributed by atoms with Crippen LogP contribution in [-0.4, -0.2) is 50.7 Å². The largest absolute Gasteiger partial charge is 0.465 e. The van der Waals surface area contributed by atoms with Crippen LogP contribution in [0, 0.1) is 10.1 Å². The predicted octanol–water partition coefficient (Wildman–Crippen LogP) is 0.556. The van der Waals surface area contributed by atoms with E-state index in [0.717, 1.165) is 6.07 Å². The fourth-order valence-electron chi connectivity index (χ4n) is 1.61. The maximum absolute atomic E-state index is 11.7. The summed E-state index contributed by atoms with van der Waals surface area (Å²) in [7, 11) is 2.71. The highest BCUT2D eigenvalue weighted by atomic mass is 16.6. The summed E-state index contributed by atoms with van der Waals surface area (Å²) in [6.07, 6.45) is 0. The first-order valence-corrected chi connectivity index (χ1v) is 6.35. The lowest BCUT2D eigenvalue weighted by atomic mass is 10.1. The Morgan fingerprint density at radius 1 is 1.27 bits per heavy atom. The van der Waals surface area contributed by atoms with Gasteiger partial charge < -0.3 is 20.1 Å². The molecule has 0 aliphatic rings. The molecule has 0 saturated heterocycles. The molecule has 1 aromatic rings.